The van der Waals surface area contributed by atoms with E-state index in [-0.39, 0.29) is 5.56 Å². The topological polar surface area (TPSA) is 37.3 Å². The molecule has 81 valence electrons. The minimum absolute atomic E-state index is 0.266. The molecule has 0 heterocycles. The third-order valence-electron chi connectivity index (χ3n) is 2.18. The summed E-state index contributed by atoms with van der Waals surface area (Å²) in [7, 11) is 0. The number of carboxylic acid groups (broad SMARTS) is 1. The summed E-state index contributed by atoms with van der Waals surface area (Å²) in [6.45, 7) is 0. The molecule has 0 amide bonds. The molecule has 1 radical (unpaired) electrons. The predicted molar refractivity (Wildman–Crippen MR) is 64.7 cm³/mol. The van der Waals surface area contributed by atoms with Crippen LogP contribution in [0, 0.1) is 17.9 Å². The van der Waals surface area contributed by atoms with Crippen LogP contribution in [0.2, 0.25) is 0 Å². The van der Waals surface area contributed by atoms with Crippen molar-refractivity contribution in [1.29, 1.82) is 0 Å². The highest BCUT2D eigenvalue weighted by molar-refractivity contribution is 5.87. The first-order valence-corrected chi connectivity index (χ1v) is 5.08. The molecule has 0 saturated carbocycles. The molecule has 0 saturated heterocycles. The number of rotatable bonds is 1. The number of carboxylic acids is 1. The molecular weight excluding hydrogens is 212 g/mol. The maximum atomic E-state index is 10.7. The van der Waals surface area contributed by atoms with Gasteiger partial charge >= 0.3 is 5.97 Å². The lowest BCUT2D eigenvalue weighted by Gasteiger charge is -1.93. The maximum absolute atomic E-state index is 10.7. The highest BCUT2D eigenvalue weighted by Crippen LogP contribution is 2.03. The van der Waals surface area contributed by atoms with Crippen molar-refractivity contribution in [2.75, 3.05) is 0 Å². The van der Waals surface area contributed by atoms with Crippen molar-refractivity contribution in [3.8, 4) is 11.8 Å². The predicted octanol–water partition coefficient (Wildman–Crippen LogP) is 2.58. The van der Waals surface area contributed by atoms with E-state index in [1.807, 2.05) is 18.2 Å². The number of aromatic carboxylic acids is 1. The third kappa shape index (κ3) is 2.96. The van der Waals surface area contributed by atoms with Gasteiger partial charge in [-0.1, -0.05) is 30.0 Å². The van der Waals surface area contributed by atoms with Gasteiger partial charge < -0.3 is 5.11 Å². The average Bonchev–Trinajstić information content (AvgIpc) is 2.38. The average molecular weight is 221 g/mol. The van der Waals surface area contributed by atoms with Gasteiger partial charge in [-0.3, -0.25) is 0 Å². The van der Waals surface area contributed by atoms with Crippen molar-refractivity contribution < 1.29 is 9.90 Å². The van der Waals surface area contributed by atoms with E-state index in [2.05, 4.69) is 17.9 Å². The summed E-state index contributed by atoms with van der Waals surface area (Å²) in [5.74, 6) is 4.98. The lowest BCUT2D eigenvalue weighted by atomic mass is 10.1. The Labute approximate surface area is 99.5 Å². The molecule has 0 aliphatic heterocycles. The number of carbonyl (C=O) groups is 1. The van der Waals surface area contributed by atoms with Crippen molar-refractivity contribution in [3.05, 3.63) is 71.3 Å². The Morgan fingerprint density at radius 3 is 2.41 bits per heavy atom. The van der Waals surface area contributed by atoms with Crippen LogP contribution in [0.1, 0.15) is 21.5 Å². The molecule has 1 N–H and O–H groups in total. The minimum atomic E-state index is -0.930. The van der Waals surface area contributed by atoms with Gasteiger partial charge in [0.25, 0.3) is 0 Å². The van der Waals surface area contributed by atoms with Crippen LogP contribution in [0.5, 0.6) is 0 Å². The largest absolute Gasteiger partial charge is 0.478 e. The zero-order valence-corrected chi connectivity index (χ0v) is 8.97. The van der Waals surface area contributed by atoms with Crippen molar-refractivity contribution in [2.45, 2.75) is 0 Å². The molecule has 17 heavy (non-hydrogen) atoms. The van der Waals surface area contributed by atoms with Crippen LogP contribution in [0.25, 0.3) is 0 Å². The molecule has 2 rings (SSSR count). The number of hydrogen-bond donors (Lipinski definition) is 1. The molecule has 2 aromatic carbocycles. The molecule has 0 spiro atoms. The Kier molecular flexibility index (Phi) is 3.23. The van der Waals surface area contributed by atoms with E-state index in [4.69, 9.17) is 5.11 Å². The summed E-state index contributed by atoms with van der Waals surface area (Å²) in [6, 6.07) is 16.9. The Balaban J connectivity index is 2.20. The lowest BCUT2D eigenvalue weighted by Crippen LogP contribution is -1.94. The first kappa shape index (κ1) is 11.0. The van der Waals surface area contributed by atoms with Crippen LogP contribution in [0.3, 0.4) is 0 Å². The normalized spacial score (nSPS) is 9.18. The number of hydrogen-bond acceptors (Lipinski definition) is 1. The second-order valence-corrected chi connectivity index (χ2v) is 3.41. The molecule has 0 atom stereocenters. The summed E-state index contributed by atoms with van der Waals surface area (Å²) < 4.78 is 0. The molecule has 0 aliphatic carbocycles. The first-order chi connectivity index (χ1) is 8.25. The molecular formula is C15H9O2. The van der Waals surface area contributed by atoms with Crippen molar-refractivity contribution >= 4 is 5.97 Å². The second kappa shape index (κ2) is 5.00. The van der Waals surface area contributed by atoms with Gasteiger partial charge in [0.1, 0.15) is 0 Å². The van der Waals surface area contributed by atoms with Crippen LogP contribution in [-0.2, 0) is 0 Å². The zero-order valence-electron chi connectivity index (χ0n) is 8.97. The van der Waals surface area contributed by atoms with Crippen LogP contribution in [0.15, 0.2) is 48.5 Å². The zero-order chi connectivity index (χ0) is 12.1. The van der Waals surface area contributed by atoms with E-state index in [1.165, 1.54) is 0 Å². The van der Waals surface area contributed by atoms with Crippen molar-refractivity contribution in [3.63, 3.8) is 0 Å². The van der Waals surface area contributed by atoms with Gasteiger partial charge in [-0.2, -0.15) is 0 Å². The van der Waals surface area contributed by atoms with Gasteiger partial charge in [0.2, 0.25) is 0 Å². The monoisotopic (exact) mass is 221 g/mol. The maximum Gasteiger partial charge on any atom is 0.335 e. The summed E-state index contributed by atoms with van der Waals surface area (Å²) in [5, 5.41) is 8.74. The van der Waals surface area contributed by atoms with Crippen LogP contribution in [0.4, 0.5) is 0 Å². The highest BCUT2D eigenvalue weighted by atomic mass is 16.4. The van der Waals surface area contributed by atoms with E-state index >= 15 is 0 Å². The minimum Gasteiger partial charge on any atom is -0.478 e. The van der Waals surface area contributed by atoms with Crippen molar-refractivity contribution in [2.24, 2.45) is 0 Å². The summed E-state index contributed by atoms with van der Waals surface area (Å²) in [5.41, 5.74) is 1.86. The lowest BCUT2D eigenvalue weighted by molar-refractivity contribution is 0.0697. The summed E-state index contributed by atoms with van der Waals surface area (Å²) >= 11 is 0. The summed E-state index contributed by atoms with van der Waals surface area (Å²) in [6.07, 6.45) is 0. The van der Waals surface area contributed by atoms with Crippen LogP contribution < -0.4 is 0 Å². The molecule has 2 nitrogen and oxygen atoms in total. The molecule has 0 bridgehead atoms. The van der Waals surface area contributed by atoms with Gasteiger partial charge in [0, 0.05) is 11.1 Å². The standard InChI is InChI=1S/C15H9O2/c16-15(17)14-10-8-13(9-11-14)7-6-12-4-2-1-3-5-12/h1-4,8-11H,(H,16,17). The Hall–Kier alpha value is -2.53. The summed E-state index contributed by atoms with van der Waals surface area (Å²) in [4.78, 5) is 10.7. The van der Waals surface area contributed by atoms with E-state index in [0.717, 1.165) is 11.1 Å². The van der Waals surface area contributed by atoms with Gasteiger partial charge in [-0.05, 0) is 36.4 Å². The molecule has 0 aromatic heterocycles. The first-order valence-electron chi connectivity index (χ1n) is 5.08. The molecule has 0 fully saturated rings. The molecule has 2 aromatic rings. The van der Waals surface area contributed by atoms with Gasteiger partial charge in [-0.15, -0.1) is 0 Å². The van der Waals surface area contributed by atoms with Crippen molar-refractivity contribution in [1.82, 2.24) is 0 Å². The second-order valence-electron chi connectivity index (χ2n) is 3.41. The fraction of sp³-hybridized carbons (Fsp3) is 0. The SMILES string of the molecule is O=C(O)c1ccc(C#Cc2[c]cccc2)cc1. The molecule has 0 aliphatic rings. The van der Waals surface area contributed by atoms with E-state index in [9.17, 15) is 4.79 Å². The van der Waals surface area contributed by atoms with E-state index < -0.39 is 5.97 Å². The third-order valence-corrected chi connectivity index (χ3v) is 2.18. The van der Waals surface area contributed by atoms with Gasteiger partial charge in [0.15, 0.2) is 0 Å². The quantitative estimate of drug-likeness (QED) is 0.751. The highest BCUT2D eigenvalue weighted by Gasteiger charge is 1.99. The Bertz CT molecular complexity index is 572. The number of benzene rings is 2. The molecule has 2 heteroatoms. The Morgan fingerprint density at radius 2 is 1.82 bits per heavy atom. The van der Waals surface area contributed by atoms with Crippen LogP contribution in [-0.4, -0.2) is 11.1 Å². The fourth-order valence-corrected chi connectivity index (χ4v) is 1.31. The van der Waals surface area contributed by atoms with E-state index in [0.29, 0.717) is 0 Å². The van der Waals surface area contributed by atoms with Crippen LogP contribution >= 0.6 is 0 Å². The Morgan fingerprint density at radius 1 is 1.06 bits per heavy atom. The van der Waals surface area contributed by atoms with Gasteiger partial charge in [0.05, 0.1) is 5.56 Å². The van der Waals surface area contributed by atoms with E-state index in [1.54, 1.807) is 30.3 Å². The fourth-order valence-electron chi connectivity index (χ4n) is 1.31. The molecule has 0 unspecified atom stereocenters. The smallest absolute Gasteiger partial charge is 0.335 e. The van der Waals surface area contributed by atoms with Gasteiger partial charge in [-0.25, -0.2) is 4.79 Å².